The predicted molar refractivity (Wildman–Crippen MR) is 317 cm³/mol. The summed E-state index contributed by atoms with van der Waals surface area (Å²) < 4.78 is 0. The van der Waals surface area contributed by atoms with Gasteiger partial charge in [-0.25, -0.2) is 0 Å². The molecule has 2 atom stereocenters. The van der Waals surface area contributed by atoms with Gasteiger partial charge in [0.05, 0.1) is 5.54 Å². The van der Waals surface area contributed by atoms with E-state index in [-0.39, 0.29) is 44.7 Å². The topological polar surface area (TPSA) is 9.72 Å². The Morgan fingerprint density at radius 3 is 1.52 bits per heavy atom. The number of anilines is 8. The fourth-order valence-electron chi connectivity index (χ4n) is 13.5. The normalized spacial score (nSPS) is 19.6. The zero-order valence-corrected chi connectivity index (χ0v) is 47.1. The average Bonchev–Trinajstić information content (AvgIpc) is 3.57. The summed E-state index contributed by atoms with van der Waals surface area (Å²) in [6.45, 7) is 37.8. The van der Waals surface area contributed by atoms with Crippen LogP contribution in [0.5, 0.6) is 0 Å². The molecule has 1 aliphatic carbocycles. The van der Waals surface area contributed by atoms with Gasteiger partial charge < -0.3 is 14.7 Å². The van der Waals surface area contributed by atoms with Gasteiger partial charge >= 0.3 is 0 Å². The SMILES string of the molecule is CC(C)(C)c1ccc(N2c3ccc(C(C)(C)C)cc3B3c4ccc(C(C)(C)C)cc4N(c4cccc(C(C)(C)C)c4)c4cc(N5c6ccccc6C6(c7ccc(C(C)(C)C)cc7)CCCCC56C)cc2c43)cc1. The van der Waals surface area contributed by atoms with Gasteiger partial charge in [-0.15, -0.1) is 0 Å². The lowest BCUT2D eigenvalue weighted by atomic mass is 9.33. The molecule has 0 N–H and O–H groups in total. The minimum Gasteiger partial charge on any atom is -0.334 e. The second kappa shape index (κ2) is 16.5. The molecular weight excluding hydrogens is 882 g/mol. The fraction of sp³-hybridized carbons (Fsp3) is 0.391. The molecule has 3 aliphatic heterocycles. The van der Waals surface area contributed by atoms with Gasteiger partial charge in [-0.2, -0.15) is 0 Å². The van der Waals surface area contributed by atoms with E-state index in [9.17, 15) is 0 Å². The minimum absolute atomic E-state index is 0.00377. The van der Waals surface area contributed by atoms with Crippen molar-refractivity contribution in [2.24, 2.45) is 0 Å². The first kappa shape index (κ1) is 49.2. The van der Waals surface area contributed by atoms with Crippen molar-refractivity contribution in [3.8, 4) is 0 Å². The average molecular weight is 962 g/mol. The summed E-state index contributed by atoms with van der Waals surface area (Å²) in [5.74, 6) is 0. The van der Waals surface area contributed by atoms with Crippen LogP contribution in [0.15, 0.2) is 146 Å². The first-order chi connectivity index (χ1) is 34.2. The highest BCUT2D eigenvalue weighted by atomic mass is 15.3. The Morgan fingerprint density at radius 1 is 0.384 bits per heavy atom. The van der Waals surface area contributed by atoms with Crippen LogP contribution < -0.4 is 31.1 Å². The Morgan fingerprint density at radius 2 is 0.904 bits per heavy atom. The quantitative estimate of drug-likeness (QED) is 0.163. The number of rotatable bonds is 4. The van der Waals surface area contributed by atoms with E-state index in [0.717, 1.165) is 12.8 Å². The minimum atomic E-state index is -0.255. The highest BCUT2D eigenvalue weighted by Crippen LogP contribution is 2.64. The van der Waals surface area contributed by atoms with Gasteiger partial charge in [-0.1, -0.05) is 208 Å². The number of para-hydroxylation sites is 1. The van der Waals surface area contributed by atoms with Crippen LogP contribution in [0.2, 0.25) is 0 Å². The second-order valence-electron chi connectivity index (χ2n) is 27.7. The molecule has 1 fully saturated rings. The summed E-state index contributed by atoms with van der Waals surface area (Å²) in [7, 11) is 0. The molecule has 7 aromatic rings. The molecule has 4 heteroatoms. The van der Waals surface area contributed by atoms with Gasteiger partial charge in [0, 0.05) is 50.9 Å². The molecule has 1 saturated carbocycles. The van der Waals surface area contributed by atoms with Crippen molar-refractivity contribution in [3.05, 3.63) is 185 Å². The Kier molecular flexibility index (Phi) is 11.1. The maximum atomic E-state index is 2.83. The molecule has 0 bridgehead atoms. The van der Waals surface area contributed by atoms with Crippen LogP contribution in [-0.4, -0.2) is 12.3 Å². The van der Waals surface area contributed by atoms with E-state index in [1.807, 2.05) is 0 Å². The third kappa shape index (κ3) is 7.73. The molecule has 0 radical (unpaired) electrons. The molecule has 4 aliphatic rings. The van der Waals surface area contributed by atoms with E-state index in [2.05, 4.69) is 271 Å². The fourth-order valence-corrected chi connectivity index (χ4v) is 13.5. The number of benzene rings is 7. The van der Waals surface area contributed by atoms with Crippen LogP contribution in [0.1, 0.15) is 175 Å². The standard InChI is InChI=1S/C69H80BN3/c1-63(2,3)45-26-28-47(29-27-45)69-39-20-19-38-68(69,16)73(57-25-18-17-24-54(57)69)53-43-60-62-61(44-53)72(52-23-21-22-48(40-52)65(7,8)9)59-42-50(67(13,14)15)32-36-55(59)70(62)56-41-49(66(10,11)12)33-37-58(56)71(60)51-34-30-46(31-35-51)64(4,5)6/h17-18,21-37,40-44H,19-20,38-39H2,1-16H3. The summed E-state index contributed by atoms with van der Waals surface area (Å²) in [6.07, 6.45) is 4.58. The molecule has 7 aromatic carbocycles. The van der Waals surface area contributed by atoms with Crippen LogP contribution in [0.4, 0.5) is 45.5 Å². The molecule has 0 saturated heterocycles. The van der Waals surface area contributed by atoms with Crippen molar-refractivity contribution >= 4 is 68.6 Å². The highest BCUT2D eigenvalue weighted by molar-refractivity contribution is 7.00. The largest absolute Gasteiger partial charge is 0.334 e. The molecular formula is C69H80BN3. The monoisotopic (exact) mass is 962 g/mol. The molecule has 11 rings (SSSR count). The maximum absolute atomic E-state index is 2.83. The summed E-state index contributed by atoms with van der Waals surface area (Å²) in [4.78, 5) is 8.13. The lowest BCUT2D eigenvalue weighted by molar-refractivity contribution is 0.215. The summed E-state index contributed by atoms with van der Waals surface area (Å²) >= 11 is 0. The van der Waals surface area contributed by atoms with Crippen LogP contribution in [0.3, 0.4) is 0 Å². The number of fused-ring (bicyclic) bond motifs is 7. The van der Waals surface area contributed by atoms with Gasteiger partial charge in [0.2, 0.25) is 0 Å². The molecule has 374 valence electrons. The molecule has 2 unspecified atom stereocenters. The summed E-state index contributed by atoms with van der Waals surface area (Å²) in [5, 5.41) is 0. The lowest BCUT2D eigenvalue weighted by Crippen LogP contribution is -2.62. The van der Waals surface area contributed by atoms with Crippen LogP contribution in [-0.2, 0) is 32.5 Å². The van der Waals surface area contributed by atoms with E-state index in [4.69, 9.17) is 0 Å². The smallest absolute Gasteiger partial charge is 0.252 e. The molecule has 0 amide bonds. The number of hydrogen-bond donors (Lipinski definition) is 0. The van der Waals surface area contributed by atoms with Crippen molar-refractivity contribution < 1.29 is 0 Å². The van der Waals surface area contributed by atoms with Gasteiger partial charge in [-0.05, 0) is 157 Å². The molecule has 73 heavy (non-hydrogen) atoms. The summed E-state index contributed by atoms with van der Waals surface area (Å²) in [6, 6.07) is 58.4. The van der Waals surface area contributed by atoms with Gasteiger partial charge in [0.1, 0.15) is 0 Å². The van der Waals surface area contributed by atoms with E-state index in [1.54, 1.807) is 0 Å². The van der Waals surface area contributed by atoms with Crippen molar-refractivity contribution in [2.75, 3.05) is 14.7 Å². The maximum Gasteiger partial charge on any atom is 0.252 e. The zero-order valence-electron chi connectivity index (χ0n) is 47.1. The van der Waals surface area contributed by atoms with E-state index in [1.165, 1.54) is 114 Å². The first-order valence-corrected chi connectivity index (χ1v) is 27.5. The van der Waals surface area contributed by atoms with E-state index < -0.39 is 0 Å². The predicted octanol–water partition coefficient (Wildman–Crippen LogP) is 17.0. The Bertz CT molecular complexity index is 3290. The first-order valence-electron chi connectivity index (χ1n) is 27.5. The Labute approximate surface area is 440 Å². The Hall–Kier alpha value is -6.00. The molecule has 3 nitrogen and oxygen atoms in total. The van der Waals surface area contributed by atoms with Crippen molar-refractivity contribution in [3.63, 3.8) is 0 Å². The van der Waals surface area contributed by atoms with Gasteiger partial charge in [0.15, 0.2) is 0 Å². The Balaban J connectivity index is 1.26. The third-order valence-electron chi connectivity index (χ3n) is 17.7. The molecule has 0 spiro atoms. The number of hydrogen-bond acceptors (Lipinski definition) is 3. The van der Waals surface area contributed by atoms with Crippen molar-refractivity contribution in [1.82, 2.24) is 0 Å². The third-order valence-corrected chi connectivity index (χ3v) is 17.7. The van der Waals surface area contributed by atoms with Crippen LogP contribution >= 0.6 is 0 Å². The lowest BCUT2D eigenvalue weighted by Gasteiger charge is -2.53. The second-order valence-corrected chi connectivity index (χ2v) is 27.7. The van der Waals surface area contributed by atoms with Gasteiger partial charge in [0.25, 0.3) is 6.71 Å². The van der Waals surface area contributed by atoms with E-state index >= 15 is 0 Å². The van der Waals surface area contributed by atoms with Crippen molar-refractivity contribution in [2.45, 2.75) is 174 Å². The van der Waals surface area contributed by atoms with Gasteiger partial charge in [-0.3, -0.25) is 0 Å². The van der Waals surface area contributed by atoms with Crippen molar-refractivity contribution in [1.29, 1.82) is 0 Å². The summed E-state index contributed by atoms with van der Waals surface area (Å²) in [5.41, 5.74) is 23.2. The number of nitrogens with zero attached hydrogens (tertiary/aromatic N) is 3. The molecule has 3 heterocycles. The molecule has 0 aromatic heterocycles. The highest BCUT2D eigenvalue weighted by Gasteiger charge is 2.61. The van der Waals surface area contributed by atoms with E-state index in [0.29, 0.717) is 0 Å². The van der Waals surface area contributed by atoms with Crippen LogP contribution in [0.25, 0.3) is 0 Å². The zero-order chi connectivity index (χ0) is 52.0. The van der Waals surface area contributed by atoms with Crippen LogP contribution in [0, 0.1) is 0 Å².